The summed E-state index contributed by atoms with van der Waals surface area (Å²) in [7, 11) is 1.30. The molecular formula is C7H11N3O2. The third-order valence-corrected chi connectivity index (χ3v) is 1.49. The number of carbonyl (C=O) groups is 1. The van der Waals surface area contributed by atoms with Gasteiger partial charge in [-0.25, -0.2) is 4.79 Å². The normalized spacial score (nSPS) is 9.83. The molecule has 1 aromatic heterocycles. The number of nitrogens with zero attached hydrogens (tertiary/aromatic N) is 2. The second kappa shape index (κ2) is 3.25. The summed E-state index contributed by atoms with van der Waals surface area (Å²) in [5.74, 6) is -0.500. The standard InChI is InChI=1S/C7H11N3O2/c1-3-10-4-5(8)6(9-10)7(11)12-2/h4H,3,8H2,1-2H3. The van der Waals surface area contributed by atoms with Crippen molar-refractivity contribution in [3.05, 3.63) is 11.9 Å². The maximum absolute atomic E-state index is 11.0. The minimum Gasteiger partial charge on any atom is -0.464 e. The summed E-state index contributed by atoms with van der Waals surface area (Å²) in [6.45, 7) is 2.59. The Morgan fingerprint density at radius 3 is 2.92 bits per heavy atom. The molecule has 1 heterocycles. The number of ether oxygens (including phenoxy) is 1. The van der Waals surface area contributed by atoms with Gasteiger partial charge in [-0.05, 0) is 6.92 Å². The van der Waals surface area contributed by atoms with Gasteiger partial charge in [-0.1, -0.05) is 0 Å². The second-order valence-corrected chi connectivity index (χ2v) is 2.28. The van der Waals surface area contributed by atoms with Crippen molar-refractivity contribution in [1.29, 1.82) is 0 Å². The van der Waals surface area contributed by atoms with E-state index in [0.717, 1.165) is 0 Å². The van der Waals surface area contributed by atoms with E-state index in [9.17, 15) is 4.79 Å². The largest absolute Gasteiger partial charge is 0.464 e. The summed E-state index contributed by atoms with van der Waals surface area (Å²) >= 11 is 0. The van der Waals surface area contributed by atoms with Gasteiger partial charge in [0.1, 0.15) is 0 Å². The van der Waals surface area contributed by atoms with Gasteiger partial charge in [-0.15, -0.1) is 0 Å². The molecule has 0 aliphatic rings. The van der Waals surface area contributed by atoms with Crippen LogP contribution in [0.3, 0.4) is 0 Å². The summed E-state index contributed by atoms with van der Waals surface area (Å²) in [4.78, 5) is 11.0. The summed E-state index contributed by atoms with van der Waals surface area (Å²) in [6, 6.07) is 0. The number of carbonyl (C=O) groups excluding carboxylic acids is 1. The van der Waals surface area contributed by atoms with Crippen molar-refractivity contribution >= 4 is 11.7 Å². The Kier molecular flexibility index (Phi) is 2.32. The number of hydrogen-bond donors (Lipinski definition) is 1. The number of rotatable bonds is 2. The zero-order valence-electron chi connectivity index (χ0n) is 7.07. The van der Waals surface area contributed by atoms with Crippen LogP contribution in [0.25, 0.3) is 0 Å². The van der Waals surface area contributed by atoms with Gasteiger partial charge in [0.05, 0.1) is 12.8 Å². The molecule has 0 spiro atoms. The number of esters is 1. The summed E-state index contributed by atoms with van der Waals surface area (Å²) in [5.41, 5.74) is 6.04. The van der Waals surface area contributed by atoms with E-state index in [-0.39, 0.29) is 5.69 Å². The highest BCUT2D eigenvalue weighted by atomic mass is 16.5. The van der Waals surface area contributed by atoms with E-state index in [1.807, 2.05) is 6.92 Å². The number of nitrogens with two attached hydrogens (primary N) is 1. The average Bonchev–Trinajstić information content (AvgIpc) is 2.45. The molecule has 0 aliphatic carbocycles. The van der Waals surface area contributed by atoms with Crippen LogP contribution in [-0.2, 0) is 11.3 Å². The van der Waals surface area contributed by atoms with Crippen LogP contribution in [-0.4, -0.2) is 22.9 Å². The van der Waals surface area contributed by atoms with Crippen LogP contribution < -0.4 is 5.73 Å². The zero-order valence-corrected chi connectivity index (χ0v) is 7.07. The highest BCUT2D eigenvalue weighted by Crippen LogP contribution is 2.09. The Bertz CT molecular complexity index is 293. The lowest BCUT2D eigenvalue weighted by molar-refractivity contribution is 0.0594. The fourth-order valence-electron chi connectivity index (χ4n) is 0.854. The summed E-state index contributed by atoms with van der Waals surface area (Å²) in [5, 5.41) is 3.92. The molecule has 0 amide bonds. The van der Waals surface area contributed by atoms with Crippen LogP contribution in [0.1, 0.15) is 17.4 Å². The van der Waals surface area contributed by atoms with Crippen LogP contribution in [0.2, 0.25) is 0 Å². The van der Waals surface area contributed by atoms with Crippen LogP contribution in [0.15, 0.2) is 6.20 Å². The number of hydrogen-bond acceptors (Lipinski definition) is 4. The highest BCUT2D eigenvalue weighted by molar-refractivity contribution is 5.92. The first-order chi connectivity index (χ1) is 5.69. The van der Waals surface area contributed by atoms with Crippen molar-refractivity contribution in [2.75, 3.05) is 12.8 Å². The molecule has 0 aromatic carbocycles. The Balaban J connectivity index is 2.99. The SMILES string of the molecule is CCn1cc(N)c(C(=O)OC)n1. The second-order valence-electron chi connectivity index (χ2n) is 2.28. The van der Waals surface area contributed by atoms with Crippen molar-refractivity contribution in [2.24, 2.45) is 0 Å². The molecule has 2 N–H and O–H groups in total. The topological polar surface area (TPSA) is 70.1 Å². The number of nitrogen functional groups attached to an aromatic ring is 1. The third-order valence-electron chi connectivity index (χ3n) is 1.49. The predicted molar refractivity (Wildman–Crippen MR) is 43.7 cm³/mol. The Hall–Kier alpha value is -1.52. The lowest BCUT2D eigenvalue weighted by Gasteiger charge is -1.93. The van der Waals surface area contributed by atoms with E-state index in [4.69, 9.17) is 5.73 Å². The van der Waals surface area contributed by atoms with Gasteiger partial charge in [-0.2, -0.15) is 5.10 Å². The van der Waals surface area contributed by atoms with Crippen molar-refractivity contribution in [1.82, 2.24) is 9.78 Å². The molecule has 0 atom stereocenters. The van der Waals surface area contributed by atoms with Gasteiger partial charge in [0.2, 0.25) is 0 Å². The summed E-state index contributed by atoms with van der Waals surface area (Å²) < 4.78 is 6.07. The van der Waals surface area contributed by atoms with Gasteiger partial charge in [-0.3, -0.25) is 4.68 Å². The number of aromatic nitrogens is 2. The van der Waals surface area contributed by atoms with Crippen LogP contribution in [0.5, 0.6) is 0 Å². The first-order valence-corrected chi connectivity index (χ1v) is 3.60. The highest BCUT2D eigenvalue weighted by Gasteiger charge is 2.13. The molecule has 0 unspecified atom stereocenters. The van der Waals surface area contributed by atoms with Gasteiger partial charge in [0.25, 0.3) is 0 Å². The first kappa shape index (κ1) is 8.58. The smallest absolute Gasteiger partial charge is 0.360 e. The fourth-order valence-corrected chi connectivity index (χ4v) is 0.854. The van der Waals surface area contributed by atoms with Gasteiger partial charge < -0.3 is 10.5 Å². The summed E-state index contributed by atoms with van der Waals surface area (Å²) in [6.07, 6.45) is 1.60. The Morgan fingerprint density at radius 1 is 1.83 bits per heavy atom. The maximum atomic E-state index is 11.0. The number of aryl methyl sites for hydroxylation is 1. The fraction of sp³-hybridized carbons (Fsp3) is 0.429. The zero-order chi connectivity index (χ0) is 9.14. The molecule has 66 valence electrons. The molecule has 1 rings (SSSR count). The number of methoxy groups -OCH3 is 1. The molecule has 5 nitrogen and oxygen atoms in total. The number of anilines is 1. The molecule has 0 fully saturated rings. The average molecular weight is 169 g/mol. The minimum absolute atomic E-state index is 0.180. The van der Waals surface area contributed by atoms with E-state index in [2.05, 4.69) is 9.84 Å². The van der Waals surface area contributed by atoms with Gasteiger partial charge in [0.15, 0.2) is 5.69 Å². The third kappa shape index (κ3) is 1.39. The predicted octanol–water partition coefficient (Wildman–Crippen LogP) is 0.272. The minimum atomic E-state index is -0.500. The van der Waals surface area contributed by atoms with E-state index >= 15 is 0 Å². The van der Waals surface area contributed by atoms with E-state index in [1.165, 1.54) is 7.11 Å². The monoisotopic (exact) mass is 169 g/mol. The van der Waals surface area contributed by atoms with E-state index < -0.39 is 5.97 Å². The lowest BCUT2D eigenvalue weighted by atomic mass is 10.4. The quantitative estimate of drug-likeness (QED) is 0.645. The Labute approximate surface area is 70.1 Å². The van der Waals surface area contributed by atoms with Crippen molar-refractivity contribution in [3.8, 4) is 0 Å². The molecule has 1 aromatic rings. The molecule has 12 heavy (non-hydrogen) atoms. The van der Waals surface area contributed by atoms with E-state index in [0.29, 0.717) is 12.2 Å². The van der Waals surface area contributed by atoms with Crippen molar-refractivity contribution in [2.45, 2.75) is 13.5 Å². The van der Waals surface area contributed by atoms with Gasteiger partial charge >= 0.3 is 5.97 Å². The maximum Gasteiger partial charge on any atom is 0.360 e. The molecule has 0 aliphatic heterocycles. The lowest BCUT2D eigenvalue weighted by Crippen LogP contribution is -2.06. The molecule has 0 radical (unpaired) electrons. The first-order valence-electron chi connectivity index (χ1n) is 3.60. The molecule has 5 heteroatoms. The van der Waals surface area contributed by atoms with Crippen molar-refractivity contribution < 1.29 is 9.53 Å². The Morgan fingerprint density at radius 2 is 2.50 bits per heavy atom. The van der Waals surface area contributed by atoms with Crippen LogP contribution in [0.4, 0.5) is 5.69 Å². The molecule has 0 saturated heterocycles. The van der Waals surface area contributed by atoms with Gasteiger partial charge in [0, 0.05) is 12.7 Å². The molecule has 0 saturated carbocycles. The van der Waals surface area contributed by atoms with Crippen molar-refractivity contribution in [3.63, 3.8) is 0 Å². The molecular weight excluding hydrogens is 158 g/mol. The van der Waals surface area contributed by atoms with Crippen LogP contribution in [0, 0.1) is 0 Å². The van der Waals surface area contributed by atoms with Crippen LogP contribution >= 0.6 is 0 Å². The van der Waals surface area contributed by atoms with E-state index in [1.54, 1.807) is 10.9 Å². The molecule has 0 bridgehead atoms.